The first-order valence-electron chi connectivity index (χ1n) is 12.7. The number of nitrogens with one attached hydrogen (secondary N) is 1. The van der Waals surface area contributed by atoms with Crippen LogP contribution in [0.5, 0.6) is 0 Å². The monoisotopic (exact) mass is 598 g/mol. The van der Waals surface area contributed by atoms with Crippen LogP contribution in [0.15, 0.2) is 83.3 Å². The van der Waals surface area contributed by atoms with Crippen LogP contribution in [0.25, 0.3) is 0 Å². The lowest BCUT2D eigenvalue weighted by Crippen LogP contribution is -2.52. The van der Waals surface area contributed by atoms with Crippen LogP contribution in [-0.4, -0.2) is 34.6 Å². The van der Waals surface area contributed by atoms with Gasteiger partial charge in [-0.25, -0.2) is 0 Å². The standard InChI is InChI=1S/C30H32BrClN2O2S/c31-25-12-6-10-23(16-25)19-34(29(35)21-37-20-24-11-7-13-26(32)17-24)28(18-22-8-2-1-3-9-22)30(36)33-27-14-4-5-15-27/h1-3,6-13,16-17,27-28H,4-5,14-15,18-21H2,(H,33,36)/t28-/m1/s1. The van der Waals surface area contributed by atoms with Crippen LogP contribution in [0.1, 0.15) is 42.4 Å². The smallest absolute Gasteiger partial charge is 0.243 e. The van der Waals surface area contributed by atoms with E-state index in [9.17, 15) is 9.59 Å². The second-order valence-corrected chi connectivity index (χ2v) is 11.8. The van der Waals surface area contributed by atoms with Crippen molar-refractivity contribution >= 4 is 51.1 Å². The van der Waals surface area contributed by atoms with Crippen LogP contribution >= 0.6 is 39.3 Å². The second-order valence-electron chi connectivity index (χ2n) is 9.47. The summed E-state index contributed by atoms with van der Waals surface area (Å²) in [5, 5.41) is 3.94. The Kier molecular flexibility index (Phi) is 10.5. The summed E-state index contributed by atoms with van der Waals surface area (Å²) in [5.41, 5.74) is 3.09. The average molecular weight is 600 g/mol. The summed E-state index contributed by atoms with van der Waals surface area (Å²) in [6, 6.07) is 25.2. The van der Waals surface area contributed by atoms with Gasteiger partial charge in [-0.15, -0.1) is 11.8 Å². The number of benzene rings is 3. The molecule has 1 N–H and O–H groups in total. The minimum absolute atomic E-state index is 0.0468. The van der Waals surface area contributed by atoms with Gasteiger partial charge in [0.1, 0.15) is 6.04 Å². The van der Waals surface area contributed by atoms with Crippen molar-refractivity contribution in [1.82, 2.24) is 10.2 Å². The molecule has 0 aromatic heterocycles. The van der Waals surface area contributed by atoms with E-state index in [1.54, 1.807) is 16.7 Å². The van der Waals surface area contributed by atoms with E-state index in [0.717, 1.165) is 46.8 Å². The molecule has 194 valence electrons. The lowest BCUT2D eigenvalue weighted by atomic mass is 10.0. The topological polar surface area (TPSA) is 49.4 Å². The molecule has 4 rings (SSSR count). The number of hydrogen-bond donors (Lipinski definition) is 1. The fourth-order valence-corrected chi connectivity index (χ4v) is 6.24. The summed E-state index contributed by atoms with van der Waals surface area (Å²) in [5.74, 6) is 0.838. The van der Waals surface area contributed by atoms with E-state index in [0.29, 0.717) is 23.7 Å². The summed E-state index contributed by atoms with van der Waals surface area (Å²) < 4.78 is 0.947. The van der Waals surface area contributed by atoms with E-state index in [4.69, 9.17) is 11.6 Å². The summed E-state index contributed by atoms with van der Waals surface area (Å²) in [6.07, 6.45) is 4.74. The molecule has 3 aromatic rings. The lowest BCUT2D eigenvalue weighted by molar-refractivity contribution is -0.139. The second kappa shape index (κ2) is 14.0. The molecule has 4 nitrogen and oxygen atoms in total. The predicted octanol–water partition coefficient (Wildman–Crippen LogP) is 7.03. The first kappa shape index (κ1) is 27.7. The molecule has 1 atom stereocenters. The van der Waals surface area contributed by atoms with Crippen molar-refractivity contribution in [2.24, 2.45) is 0 Å². The van der Waals surface area contributed by atoms with Crippen LogP contribution in [-0.2, 0) is 28.3 Å². The summed E-state index contributed by atoms with van der Waals surface area (Å²) in [6.45, 7) is 0.367. The Bertz CT molecular complexity index is 1190. The van der Waals surface area contributed by atoms with Gasteiger partial charge < -0.3 is 10.2 Å². The third-order valence-corrected chi connectivity index (χ3v) is 8.31. The van der Waals surface area contributed by atoms with Gasteiger partial charge >= 0.3 is 0 Å². The Labute approximate surface area is 237 Å². The Morgan fingerprint density at radius 3 is 2.38 bits per heavy atom. The number of carbonyl (C=O) groups is 2. The van der Waals surface area contributed by atoms with E-state index in [-0.39, 0.29) is 23.6 Å². The molecule has 1 saturated carbocycles. The molecule has 0 bridgehead atoms. The molecule has 0 spiro atoms. The van der Waals surface area contributed by atoms with Gasteiger partial charge in [0.2, 0.25) is 11.8 Å². The molecular formula is C30H32BrClN2O2S. The number of halogens is 2. The molecule has 37 heavy (non-hydrogen) atoms. The minimum atomic E-state index is -0.596. The van der Waals surface area contributed by atoms with Crippen molar-refractivity contribution in [3.05, 3.63) is 105 Å². The van der Waals surface area contributed by atoms with Crippen molar-refractivity contribution in [3.63, 3.8) is 0 Å². The largest absolute Gasteiger partial charge is 0.352 e. The van der Waals surface area contributed by atoms with E-state index in [1.165, 1.54) is 0 Å². The fourth-order valence-electron chi connectivity index (χ4n) is 4.72. The molecule has 0 unspecified atom stereocenters. The first-order valence-corrected chi connectivity index (χ1v) is 15.0. The Morgan fingerprint density at radius 1 is 0.946 bits per heavy atom. The van der Waals surface area contributed by atoms with Crippen LogP contribution in [0.4, 0.5) is 0 Å². The van der Waals surface area contributed by atoms with E-state index in [2.05, 4.69) is 21.2 Å². The highest BCUT2D eigenvalue weighted by Gasteiger charge is 2.32. The van der Waals surface area contributed by atoms with Crippen molar-refractivity contribution in [3.8, 4) is 0 Å². The fraction of sp³-hybridized carbons (Fsp3) is 0.333. The van der Waals surface area contributed by atoms with Gasteiger partial charge in [-0.3, -0.25) is 9.59 Å². The normalized spacial score (nSPS) is 14.3. The highest BCUT2D eigenvalue weighted by atomic mass is 79.9. The molecular weight excluding hydrogens is 568 g/mol. The number of hydrogen-bond acceptors (Lipinski definition) is 3. The molecule has 1 aliphatic carbocycles. The van der Waals surface area contributed by atoms with E-state index < -0.39 is 6.04 Å². The number of rotatable bonds is 11. The summed E-state index contributed by atoms with van der Waals surface area (Å²) in [7, 11) is 0. The van der Waals surface area contributed by atoms with Gasteiger partial charge in [0, 0.05) is 34.3 Å². The van der Waals surface area contributed by atoms with Gasteiger partial charge in [0.25, 0.3) is 0 Å². The zero-order valence-corrected chi connectivity index (χ0v) is 23.9. The van der Waals surface area contributed by atoms with Crippen LogP contribution in [0, 0.1) is 0 Å². The van der Waals surface area contributed by atoms with Gasteiger partial charge in [0.15, 0.2) is 0 Å². The molecule has 1 aliphatic rings. The summed E-state index contributed by atoms with van der Waals surface area (Å²) in [4.78, 5) is 29.2. The van der Waals surface area contributed by atoms with E-state index in [1.807, 2.05) is 78.9 Å². The van der Waals surface area contributed by atoms with Gasteiger partial charge in [-0.1, -0.05) is 95.0 Å². The minimum Gasteiger partial charge on any atom is -0.352 e. The number of carbonyl (C=O) groups excluding carboxylic acids is 2. The Hall–Kier alpha value is -2.28. The molecule has 7 heteroatoms. The molecule has 0 saturated heterocycles. The van der Waals surface area contributed by atoms with Crippen molar-refractivity contribution < 1.29 is 9.59 Å². The van der Waals surface area contributed by atoms with Gasteiger partial charge in [0.05, 0.1) is 5.75 Å². The molecule has 0 aliphatic heterocycles. The molecule has 3 aromatic carbocycles. The number of amides is 2. The Balaban J connectivity index is 1.56. The highest BCUT2D eigenvalue weighted by Crippen LogP contribution is 2.23. The molecule has 2 amide bonds. The van der Waals surface area contributed by atoms with Crippen LogP contribution in [0.3, 0.4) is 0 Å². The molecule has 0 radical (unpaired) electrons. The van der Waals surface area contributed by atoms with Gasteiger partial charge in [-0.2, -0.15) is 0 Å². The summed E-state index contributed by atoms with van der Waals surface area (Å²) >= 11 is 11.2. The highest BCUT2D eigenvalue weighted by molar-refractivity contribution is 9.10. The zero-order chi connectivity index (χ0) is 26.0. The Morgan fingerprint density at radius 2 is 1.65 bits per heavy atom. The predicted molar refractivity (Wildman–Crippen MR) is 157 cm³/mol. The maximum atomic E-state index is 13.8. The van der Waals surface area contributed by atoms with Crippen molar-refractivity contribution in [2.45, 2.75) is 56.5 Å². The van der Waals surface area contributed by atoms with Gasteiger partial charge in [-0.05, 0) is 53.8 Å². The third kappa shape index (κ3) is 8.62. The lowest BCUT2D eigenvalue weighted by Gasteiger charge is -2.32. The number of thioether (sulfide) groups is 1. The van der Waals surface area contributed by atoms with E-state index >= 15 is 0 Å². The SMILES string of the molecule is O=C(NC1CCCC1)[C@@H](Cc1ccccc1)N(Cc1cccc(Br)c1)C(=O)CSCc1cccc(Cl)c1. The zero-order valence-electron chi connectivity index (χ0n) is 20.7. The maximum absolute atomic E-state index is 13.8. The van der Waals surface area contributed by atoms with Crippen molar-refractivity contribution in [1.29, 1.82) is 0 Å². The van der Waals surface area contributed by atoms with Crippen LogP contribution < -0.4 is 5.32 Å². The average Bonchev–Trinajstić information content (AvgIpc) is 3.40. The third-order valence-electron chi connectivity index (χ3n) is 6.60. The number of nitrogens with zero attached hydrogens (tertiary/aromatic N) is 1. The van der Waals surface area contributed by atoms with Crippen molar-refractivity contribution in [2.75, 3.05) is 5.75 Å². The quantitative estimate of drug-likeness (QED) is 0.257. The molecule has 0 heterocycles. The maximum Gasteiger partial charge on any atom is 0.243 e. The first-order chi connectivity index (χ1) is 18.0. The van der Waals surface area contributed by atoms with Crippen LogP contribution in [0.2, 0.25) is 5.02 Å². The molecule has 1 fully saturated rings.